The van der Waals surface area contributed by atoms with Gasteiger partial charge in [-0.25, -0.2) is 10.1 Å². The highest BCUT2D eigenvalue weighted by Crippen LogP contribution is 2.29. The molecule has 0 saturated carbocycles. The zero-order valence-electron chi connectivity index (χ0n) is 15.0. The van der Waals surface area contributed by atoms with Crippen molar-refractivity contribution < 1.29 is 4.74 Å². The quantitative estimate of drug-likeness (QED) is 0.587. The van der Waals surface area contributed by atoms with Crippen molar-refractivity contribution in [3.8, 4) is 28.4 Å². The molecule has 0 fully saturated rings. The second-order valence-corrected chi connectivity index (χ2v) is 6.18. The number of ether oxygens (including phenoxy) is 1. The molecule has 0 radical (unpaired) electrons. The van der Waals surface area contributed by atoms with E-state index in [1.807, 2.05) is 50.2 Å². The molecule has 2 aromatic carbocycles. The van der Waals surface area contributed by atoms with Crippen molar-refractivity contribution in [3.05, 3.63) is 71.7 Å². The number of aromatic amines is 1. The van der Waals surface area contributed by atoms with Crippen molar-refractivity contribution >= 4 is 0 Å². The van der Waals surface area contributed by atoms with E-state index < -0.39 is 0 Å². The zero-order valence-corrected chi connectivity index (χ0v) is 15.0. The number of hydrogen-bond acceptors (Lipinski definition) is 6. The van der Waals surface area contributed by atoms with Gasteiger partial charge in [0.05, 0.1) is 0 Å². The van der Waals surface area contributed by atoms with Crippen LogP contribution in [0.5, 0.6) is 5.88 Å². The van der Waals surface area contributed by atoms with Crippen LogP contribution in [0.4, 0.5) is 0 Å². The van der Waals surface area contributed by atoms with Crippen LogP contribution in [-0.4, -0.2) is 30.6 Å². The minimum absolute atomic E-state index is 0.448. The minimum Gasteiger partial charge on any atom is -0.473 e. The average molecular weight is 358 g/mol. The van der Waals surface area contributed by atoms with Crippen molar-refractivity contribution in [3.63, 3.8) is 0 Å². The summed E-state index contributed by atoms with van der Waals surface area (Å²) in [4.78, 5) is 8.55. The number of nitrogens with one attached hydrogen (secondary N) is 1. The van der Waals surface area contributed by atoms with Gasteiger partial charge in [-0.3, -0.25) is 0 Å². The SMILES string of the molecule is Cc1cc(OCc2ccc(-c3ccccc3-c3nnn[nH]3)cc2)nc(C)n1. The third kappa shape index (κ3) is 3.82. The Morgan fingerprint density at radius 2 is 1.70 bits per heavy atom. The first-order valence-electron chi connectivity index (χ1n) is 8.56. The molecule has 27 heavy (non-hydrogen) atoms. The predicted octanol–water partition coefficient (Wildman–Crippen LogP) is 3.52. The molecule has 0 saturated heterocycles. The van der Waals surface area contributed by atoms with E-state index >= 15 is 0 Å². The van der Waals surface area contributed by atoms with E-state index in [0.717, 1.165) is 27.9 Å². The van der Waals surface area contributed by atoms with Gasteiger partial charge in [-0.05, 0) is 41.0 Å². The first-order chi connectivity index (χ1) is 13.2. The van der Waals surface area contributed by atoms with Gasteiger partial charge < -0.3 is 4.74 Å². The van der Waals surface area contributed by atoms with Gasteiger partial charge in [0.15, 0.2) is 5.82 Å². The Labute approximate surface area is 156 Å². The van der Waals surface area contributed by atoms with Gasteiger partial charge in [0.2, 0.25) is 5.88 Å². The van der Waals surface area contributed by atoms with Gasteiger partial charge in [0, 0.05) is 17.3 Å². The van der Waals surface area contributed by atoms with E-state index in [1.54, 1.807) is 0 Å². The summed E-state index contributed by atoms with van der Waals surface area (Å²) in [6.07, 6.45) is 0. The summed E-state index contributed by atoms with van der Waals surface area (Å²) in [7, 11) is 0. The second kappa shape index (κ2) is 7.33. The number of hydrogen-bond donors (Lipinski definition) is 1. The molecule has 2 heterocycles. The van der Waals surface area contributed by atoms with Crippen LogP contribution in [0.1, 0.15) is 17.1 Å². The van der Waals surface area contributed by atoms with Crippen LogP contribution in [0.2, 0.25) is 0 Å². The van der Waals surface area contributed by atoms with Crippen molar-refractivity contribution in [2.75, 3.05) is 0 Å². The van der Waals surface area contributed by atoms with Crippen LogP contribution < -0.4 is 4.74 Å². The Balaban J connectivity index is 1.53. The number of tetrazole rings is 1. The highest BCUT2D eigenvalue weighted by molar-refractivity contribution is 5.80. The summed E-state index contributed by atoms with van der Waals surface area (Å²) >= 11 is 0. The summed E-state index contributed by atoms with van der Waals surface area (Å²) in [5, 5.41) is 14.2. The Kier molecular flexibility index (Phi) is 4.57. The molecular weight excluding hydrogens is 340 g/mol. The molecule has 1 N–H and O–H groups in total. The highest BCUT2D eigenvalue weighted by Gasteiger charge is 2.10. The van der Waals surface area contributed by atoms with Gasteiger partial charge in [0.25, 0.3) is 0 Å². The lowest BCUT2D eigenvalue weighted by Gasteiger charge is -2.09. The van der Waals surface area contributed by atoms with Crippen LogP contribution >= 0.6 is 0 Å². The van der Waals surface area contributed by atoms with E-state index in [2.05, 4.69) is 48.8 Å². The Bertz CT molecular complexity index is 1020. The third-order valence-corrected chi connectivity index (χ3v) is 4.12. The largest absolute Gasteiger partial charge is 0.473 e. The molecular formula is C20H18N6O. The topological polar surface area (TPSA) is 89.5 Å². The maximum atomic E-state index is 5.80. The molecule has 0 spiro atoms. The minimum atomic E-state index is 0.448. The van der Waals surface area contributed by atoms with Crippen molar-refractivity contribution in [2.24, 2.45) is 0 Å². The van der Waals surface area contributed by atoms with E-state index in [1.165, 1.54) is 0 Å². The van der Waals surface area contributed by atoms with Gasteiger partial charge in [-0.15, -0.1) is 5.10 Å². The number of aryl methyl sites for hydroxylation is 2. The standard InChI is InChI=1S/C20H18N6O/c1-13-11-19(22-14(2)21-13)27-12-15-7-9-16(10-8-15)17-5-3-4-6-18(17)20-23-25-26-24-20/h3-11H,12H2,1-2H3,(H,23,24,25,26). The Morgan fingerprint density at radius 3 is 2.41 bits per heavy atom. The maximum Gasteiger partial charge on any atom is 0.217 e. The molecule has 0 atom stereocenters. The van der Waals surface area contributed by atoms with Crippen LogP contribution in [0.15, 0.2) is 54.6 Å². The maximum absolute atomic E-state index is 5.80. The zero-order chi connectivity index (χ0) is 18.6. The molecule has 2 aromatic heterocycles. The summed E-state index contributed by atoms with van der Waals surface area (Å²) in [6.45, 7) is 4.23. The summed E-state index contributed by atoms with van der Waals surface area (Å²) < 4.78 is 5.80. The molecule has 4 aromatic rings. The van der Waals surface area contributed by atoms with Crippen molar-refractivity contribution in [1.82, 2.24) is 30.6 Å². The third-order valence-electron chi connectivity index (χ3n) is 4.12. The molecule has 0 bridgehead atoms. The lowest BCUT2D eigenvalue weighted by molar-refractivity contribution is 0.292. The predicted molar refractivity (Wildman–Crippen MR) is 101 cm³/mol. The van der Waals surface area contributed by atoms with Crippen molar-refractivity contribution in [2.45, 2.75) is 20.5 Å². The number of aromatic nitrogens is 6. The number of H-pyrrole nitrogens is 1. The second-order valence-electron chi connectivity index (χ2n) is 6.18. The summed E-state index contributed by atoms with van der Waals surface area (Å²) in [5.41, 5.74) is 5.06. The van der Waals surface area contributed by atoms with Crippen molar-refractivity contribution in [1.29, 1.82) is 0 Å². The fourth-order valence-corrected chi connectivity index (χ4v) is 2.91. The summed E-state index contributed by atoms with van der Waals surface area (Å²) in [5.74, 6) is 1.94. The van der Waals surface area contributed by atoms with Gasteiger partial charge in [-0.2, -0.15) is 4.98 Å². The van der Waals surface area contributed by atoms with E-state index in [4.69, 9.17) is 4.74 Å². The van der Waals surface area contributed by atoms with Crippen LogP contribution in [0.3, 0.4) is 0 Å². The lowest BCUT2D eigenvalue weighted by atomic mass is 9.98. The number of rotatable bonds is 5. The van der Waals surface area contributed by atoms with Crippen LogP contribution in [-0.2, 0) is 6.61 Å². The lowest BCUT2D eigenvalue weighted by Crippen LogP contribution is -2.00. The number of benzene rings is 2. The molecule has 0 unspecified atom stereocenters. The summed E-state index contributed by atoms with van der Waals surface area (Å²) in [6, 6.07) is 18.1. The van der Waals surface area contributed by atoms with Gasteiger partial charge in [-0.1, -0.05) is 48.5 Å². The van der Waals surface area contributed by atoms with E-state index in [9.17, 15) is 0 Å². The Hall–Kier alpha value is -3.61. The molecule has 7 nitrogen and oxygen atoms in total. The highest BCUT2D eigenvalue weighted by atomic mass is 16.5. The fraction of sp³-hybridized carbons (Fsp3) is 0.150. The molecule has 0 amide bonds. The van der Waals surface area contributed by atoms with E-state index in [0.29, 0.717) is 24.1 Å². The molecule has 7 heteroatoms. The smallest absolute Gasteiger partial charge is 0.217 e. The average Bonchev–Trinajstić information content (AvgIpc) is 3.21. The monoisotopic (exact) mass is 358 g/mol. The first kappa shape index (κ1) is 16.8. The van der Waals surface area contributed by atoms with Gasteiger partial charge >= 0.3 is 0 Å². The number of nitrogens with zero attached hydrogens (tertiary/aromatic N) is 5. The fourth-order valence-electron chi connectivity index (χ4n) is 2.91. The molecule has 0 aliphatic carbocycles. The van der Waals surface area contributed by atoms with E-state index in [-0.39, 0.29) is 0 Å². The normalized spacial score (nSPS) is 10.7. The van der Waals surface area contributed by atoms with Crippen LogP contribution in [0, 0.1) is 13.8 Å². The molecule has 0 aliphatic rings. The molecule has 0 aliphatic heterocycles. The van der Waals surface area contributed by atoms with Gasteiger partial charge in [0.1, 0.15) is 12.4 Å². The molecule has 4 rings (SSSR count). The Morgan fingerprint density at radius 1 is 0.926 bits per heavy atom. The molecule has 134 valence electrons. The van der Waals surface area contributed by atoms with Crippen LogP contribution in [0.25, 0.3) is 22.5 Å². The first-order valence-corrected chi connectivity index (χ1v) is 8.56.